The standard InChI is InChI=1S/C14H26N2/c1-15-10-8-14(9-11-15)16(2)12-13-6-4-3-5-7-13/h3-4,13-14H,5-12H2,1-2H3/t13-/m0/s1. The molecule has 1 heterocycles. The highest BCUT2D eigenvalue weighted by molar-refractivity contribution is 4.91. The fraction of sp³-hybridized carbons (Fsp3) is 0.857. The van der Waals surface area contributed by atoms with Crippen LogP contribution < -0.4 is 0 Å². The highest BCUT2D eigenvalue weighted by Crippen LogP contribution is 2.22. The molecular weight excluding hydrogens is 196 g/mol. The van der Waals surface area contributed by atoms with Gasteiger partial charge in [0.15, 0.2) is 0 Å². The van der Waals surface area contributed by atoms with Crippen LogP contribution in [0.25, 0.3) is 0 Å². The SMILES string of the molecule is CN1CCC(N(C)C[C@H]2CC=CCC2)CC1. The second-order valence-electron chi connectivity index (χ2n) is 5.62. The molecule has 16 heavy (non-hydrogen) atoms. The maximum absolute atomic E-state index is 2.62. The molecule has 0 radical (unpaired) electrons. The van der Waals surface area contributed by atoms with Crippen molar-refractivity contribution in [2.24, 2.45) is 5.92 Å². The average Bonchev–Trinajstić information content (AvgIpc) is 2.31. The molecule has 1 fully saturated rings. The van der Waals surface area contributed by atoms with Crippen LogP contribution in [0.2, 0.25) is 0 Å². The zero-order valence-corrected chi connectivity index (χ0v) is 10.9. The highest BCUT2D eigenvalue weighted by atomic mass is 15.2. The minimum absolute atomic E-state index is 0.835. The summed E-state index contributed by atoms with van der Waals surface area (Å²) in [6.45, 7) is 3.86. The van der Waals surface area contributed by atoms with E-state index in [0.29, 0.717) is 0 Å². The van der Waals surface area contributed by atoms with Crippen LogP contribution in [0.4, 0.5) is 0 Å². The molecule has 2 aliphatic rings. The van der Waals surface area contributed by atoms with E-state index in [1.165, 1.54) is 51.7 Å². The third kappa shape index (κ3) is 3.33. The Labute approximate surface area is 100 Å². The zero-order chi connectivity index (χ0) is 11.4. The third-order valence-electron chi connectivity index (χ3n) is 4.24. The maximum atomic E-state index is 2.62. The van der Waals surface area contributed by atoms with Gasteiger partial charge in [-0.15, -0.1) is 0 Å². The molecule has 2 nitrogen and oxygen atoms in total. The predicted octanol–water partition coefficient (Wildman–Crippen LogP) is 2.37. The molecule has 0 spiro atoms. The Balaban J connectivity index is 1.74. The van der Waals surface area contributed by atoms with E-state index in [4.69, 9.17) is 0 Å². The Morgan fingerprint density at radius 1 is 1.19 bits per heavy atom. The third-order valence-corrected chi connectivity index (χ3v) is 4.24. The largest absolute Gasteiger partial charge is 0.306 e. The number of rotatable bonds is 3. The van der Waals surface area contributed by atoms with Crippen LogP contribution in [0.5, 0.6) is 0 Å². The zero-order valence-electron chi connectivity index (χ0n) is 10.9. The van der Waals surface area contributed by atoms with Crippen molar-refractivity contribution in [1.82, 2.24) is 9.80 Å². The fourth-order valence-corrected chi connectivity index (χ4v) is 3.01. The van der Waals surface area contributed by atoms with Crippen LogP contribution in [0.15, 0.2) is 12.2 Å². The molecule has 1 aliphatic heterocycles. The monoisotopic (exact) mass is 222 g/mol. The van der Waals surface area contributed by atoms with Crippen LogP contribution >= 0.6 is 0 Å². The summed E-state index contributed by atoms with van der Waals surface area (Å²) >= 11 is 0. The van der Waals surface area contributed by atoms with Gasteiger partial charge in [-0.1, -0.05) is 12.2 Å². The van der Waals surface area contributed by atoms with E-state index < -0.39 is 0 Å². The van der Waals surface area contributed by atoms with E-state index in [0.717, 1.165) is 12.0 Å². The van der Waals surface area contributed by atoms with Gasteiger partial charge < -0.3 is 9.80 Å². The lowest BCUT2D eigenvalue weighted by atomic mass is 9.93. The van der Waals surface area contributed by atoms with Crippen molar-refractivity contribution in [1.29, 1.82) is 0 Å². The molecule has 2 rings (SSSR count). The lowest BCUT2D eigenvalue weighted by Crippen LogP contribution is -2.43. The summed E-state index contributed by atoms with van der Waals surface area (Å²) in [5.74, 6) is 0.912. The summed E-state index contributed by atoms with van der Waals surface area (Å²) in [6.07, 6.45) is 11.4. The Morgan fingerprint density at radius 3 is 2.56 bits per heavy atom. The molecule has 2 heteroatoms. The smallest absolute Gasteiger partial charge is 0.0117 e. The molecule has 0 aromatic heterocycles. The molecule has 0 aromatic rings. The maximum Gasteiger partial charge on any atom is 0.0117 e. The molecule has 0 N–H and O–H groups in total. The summed E-state index contributed by atoms with van der Waals surface area (Å²) < 4.78 is 0. The molecule has 0 aromatic carbocycles. The van der Waals surface area contributed by atoms with E-state index >= 15 is 0 Å². The summed E-state index contributed by atoms with van der Waals surface area (Å²) in [7, 11) is 4.57. The van der Waals surface area contributed by atoms with Crippen molar-refractivity contribution in [3.63, 3.8) is 0 Å². The predicted molar refractivity (Wildman–Crippen MR) is 69.6 cm³/mol. The van der Waals surface area contributed by atoms with Crippen molar-refractivity contribution >= 4 is 0 Å². The van der Waals surface area contributed by atoms with Gasteiger partial charge in [-0.05, 0) is 65.2 Å². The molecule has 0 unspecified atom stereocenters. The number of hydrogen-bond acceptors (Lipinski definition) is 2. The second kappa shape index (κ2) is 5.83. The van der Waals surface area contributed by atoms with Crippen molar-refractivity contribution in [3.05, 3.63) is 12.2 Å². The van der Waals surface area contributed by atoms with Crippen LogP contribution in [-0.2, 0) is 0 Å². The molecule has 0 amide bonds. The average molecular weight is 222 g/mol. The Morgan fingerprint density at radius 2 is 1.94 bits per heavy atom. The van der Waals surface area contributed by atoms with E-state index in [9.17, 15) is 0 Å². The second-order valence-corrected chi connectivity index (χ2v) is 5.62. The molecule has 1 saturated heterocycles. The van der Waals surface area contributed by atoms with E-state index in [-0.39, 0.29) is 0 Å². The first kappa shape index (κ1) is 12.1. The first-order valence-electron chi connectivity index (χ1n) is 6.79. The molecule has 0 bridgehead atoms. The van der Waals surface area contributed by atoms with Gasteiger partial charge in [-0.3, -0.25) is 0 Å². The topological polar surface area (TPSA) is 6.48 Å². The number of likely N-dealkylation sites (tertiary alicyclic amines) is 1. The van der Waals surface area contributed by atoms with Crippen LogP contribution in [0, 0.1) is 5.92 Å². The minimum atomic E-state index is 0.835. The molecular formula is C14H26N2. The lowest BCUT2D eigenvalue weighted by molar-refractivity contribution is 0.127. The first-order chi connectivity index (χ1) is 7.75. The summed E-state index contributed by atoms with van der Waals surface area (Å²) in [4.78, 5) is 5.07. The van der Waals surface area contributed by atoms with Gasteiger partial charge in [0.1, 0.15) is 0 Å². The van der Waals surface area contributed by atoms with Crippen molar-refractivity contribution in [2.45, 2.75) is 38.1 Å². The Bertz CT molecular complexity index is 229. The van der Waals surface area contributed by atoms with Crippen molar-refractivity contribution in [3.8, 4) is 0 Å². The molecule has 1 atom stereocenters. The van der Waals surface area contributed by atoms with E-state index in [1.807, 2.05) is 0 Å². The van der Waals surface area contributed by atoms with Gasteiger partial charge in [0.05, 0.1) is 0 Å². The van der Waals surface area contributed by atoms with Crippen LogP contribution in [-0.4, -0.2) is 49.6 Å². The first-order valence-corrected chi connectivity index (χ1v) is 6.79. The van der Waals surface area contributed by atoms with E-state index in [1.54, 1.807) is 0 Å². The van der Waals surface area contributed by atoms with Gasteiger partial charge in [0.25, 0.3) is 0 Å². The Hall–Kier alpha value is -0.340. The molecule has 92 valence electrons. The van der Waals surface area contributed by atoms with E-state index in [2.05, 4.69) is 36.0 Å². The molecule has 1 aliphatic carbocycles. The van der Waals surface area contributed by atoms with Crippen LogP contribution in [0.3, 0.4) is 0 Å². The normalized spacial score (nSPS) is 28.8. The van der Waals surface area contributed by atoms with Crippen LogP contribution in [0.1, 0.15) is 32.1 Å². The Kier molecular flexibility index (Phi) is 4.42. The summed E-state index contributed by atoms with van der Waals surface area (Å²) in [5, 5.41) is 0. The van der Waals surface area contributed by atoms with Gasteiger partial charge in [0, 0.05) is 12.6 Å². The van der Waals surface area contributed by atoms with Crippen molar-refractivity contribution in [2.75, 3.05) is 33.7 Å². The van der Waals surface area contributed by atoms with Gasteiger partial charge in [-0.25, -0.2) is 0 Å². The quantitative estimate of drug-likeness (QED) is 0.676. The van der Waals surface area contributed by atoms with Gasteiger partial charge in [-0.2, -0.15) is 0 Å². The van der Waals surface area contributed by atoms with Gasteiger partial charge >= 0.3 is 0 Å². The van der Waals surface area contributed by atoms with Crippen molar-refractivity contribution < 1.29 is 0 Å². The molecule has 0 saturated carbocycles. The summed E-state index contributed by atoms with van der Waals surface area (Å²) in [6, 6.07) is 0.835. The number of piperidine rings is 1. The minimum Gasteiger partial charge on any atom is -0.306 e. The summed E-state index contributed by atoms with van der Waals surface area (Å²) in [5.41, 5.74) is 0. The number of hydrogen-bond donors (Lipinski definition) is 0. The highest BCUT2D eigenvalue weighted by Gasteiger charge is 2.22. The number of nitrogens with zero attached hydrogens (tertiary/aromatic N) is 2. The van der Waals surface area contributed by atoms with Gasteiger partial charge in [0.2, 0.25) is 0 Å². The fourth-order valence-electron chi connectivity index (χ4n) is 3.01. The lowest BCUT2D eigenvalue weighted by Gasteiger charge is -2.37. The number of allylic oxidation sites excluding steroid dienone is 2.